The van der Waals surface area contributed by atoms with Crippen LogP contribution in [0.15, 0.2) is 24.3 Å². The third-order valence-corrected chi connectivity index (χ3v) is 2.89. The Labute approximate surface area is 103 Å². The summed E-state index contributed by atoms with van der Waals surface area (Å²) in [5, 5.41) is 13.4. The van der Waals surface area contributed by atoms with Gasteiger partial charge in [0.05, 0.1) is 6.61 Å². The second-order valence-corrected chi connectivity index (χ2v) is 5.14. The van der Waals surface area contributed by atoms with Crippen molar-refractivity contribution in [2.75, 3.05) is 6.61 Å². The molecule has 0 saturated carbocycles. The zero-order chi connectivity index (χ0) is 12.2. The summed E-state index contributed by atoms with van der Waals surface area (Å²) in [6.07, 6.45) is 0.977. The van der Waals surface area contributed by atoms with Gasteiger partial charge in [-0.1, -0.05) is 30.7 Å². The van der Waals surface area contributed by atoms with Crippen LogP contribution in [0.1, 0.15) is 38.8 Å². The molecule has 0 saturated heterocycles. The molecule has 2 nitrogen and oxygen atoms in total. The highest BCUT2D eigenvalue weighted by Gasteiger charge is 2.21. The van der Waals surface area contributed by atoms with Gasteiger partial charge in [0.2, 0.25) is 0 Å². The van der Waals surface area contributed by atoms with Crippen LogP contribution in [0.5, 0.6) is 0 Å². The Hall–Kier alpha value is -0.570. The Morgan fingerprint density at radius 1 is 1.31 bits per heavy atom. The van der Waals surface area contributed by atoms with Crippen LogP contribution < -0.4 is 5.32 Å². The molecule has 0 aliphatic carbocycles. The van der Waals surface area contributed by atoms with E-state index < -0.39 is 0 Å². The van der Waals surface area contributed by atoms with Crippen LogP contribution in [0.25, 0.3) is 0 Å². The Morgan fingerprint density at radius 3 is 2.31 bits per heavy atom. The lowest BCUT2D eigenvalue weighted by Gasteiger charge is -2.30. The van der Waals surface area contributed by atoms with E-state index >= 15 is 0 Å². The van der Waals surface area contributed by atoms with E-state index in [0.717, 1.165) is 11.4 Å². The molecule has 2 N–H and O–H groups in total. The highest BCUT2D eigenvalue weighted by atomic mass is 35.5. The van der Waals surface area contributed by atoms with Crippen molar-refractivity contribution in [3.8, 4) is 0 Å². The first-order chi connectivity index (χ1) is 7.48. The van der Waals surface area contributed by atoms with E-state index in [-0.39, 0.29) is 18.2 Å². The summed E-state index contributed by atoms with van der Waals surface area (Å²) in [7, 11) is 0. The summed E-state index contributed by atoms with van der Waals surface area (Å²) in [6, 6.07) is 8.09. The van der Waals surface area contributed by atoms with E-state index in [1.54, 1.807) is 0 Å². The smallest absolute Gasteiger partial charge is 0.0608 e. The van der Waals surface area contributed by atoms with Gasteiger partial charge in [0.1, 0.15) is 0 Å². The molecule has 1 aromatic rings. The maximum absolute atomic E-state index is 9.25. The fraction of sp³-hybridized carbons (Fsp3) is 0.538. The standard InChI is InChI=1S/C13H20ClNO/c1-4-12(15-13(2,3)9-16)10-5-7-11(14)8-6-10/h5-8,12,15-16H,4,9H2,1-3H3. The van der Waals surface area contributed by atoms with Gasteiger partial charge in [0.25, 0.3) is 0 Å². The zero-order valence-electron chi connectivity index (χ0n) is 10.1. The van der Waals surface area contributed by atoms with Crippen LogP contribution in [0.2, 0.25) is 5.02 Å². The first-order valence-corrected chi connectivity index (χ1v) is 6.00. The van der Waals surface area contributed by atoms with Crippen molar-refractivity contribution in [1.29, 1.82) is 0 Å². The highest BCUT2D eigenvalue weighted by molar-refractivity contribution is 6.30. The molecule has 0 aliphatic rings. The van der Waals surface area contributed by atoms with E-state index in [2.05, 4.69) is 12.2 Å². The maximum Gasteiger partial charge on any atom is 0.0608 e. The van der Waals surface area contributed by atoms with Gasteiger partial charge < -0.3 is 10.4 Å². The number of hydrogen-bond donors (Lipinski definition) is 2. The van der Waals surface area contributed by atoms with E-state index in [0.29, 0.717) is 0 Å². The lowest BCUT2D eigenvalue weighted by atomic mass is 9.99. The van der Waals surface area contributed by atoms with Gasteiger partial charge in [-0.2, -0.15) is 0 Å². The highest BCUT2D eigenvalue weighted by Crippen LogP contribution is 2.21. The molecule has 0 amide bonds. The van der Waals surface area contributed by atoms with E-state index in [1.807, 2.05) is 38.1 Å². The van der Waals surface area contributed by atoms with Crippen molar-refractivity contribution in [3.05, 3.63) is 34.9 Å². The van der Waals surface area contributed by atoms with E-state index in [9.17, 15) is 5.11 Å². The van der Waals surface area contributed by atoms with Gasteiger partial charge in [-0.05, 0) is 38.0 Å². The normalized spacial score (nSPS) is 13.8. The van der Waals surface area contributed by atoms with Gasteiger partial charge >= 0.3 is 0 Å². The number of benzene rings is 1. The summed E-state index contributed by atoms with van der Waals surface area (Å²) >= 11 is 5.86. The first kappa shape index (κ1) is 13.5. The number of rotatable bonds is 5. The molecule has 90 valence electrons. The molecule has 0 heterocycles. The van der Waals surface area contributed by atoms with Crippen molar-refractivity contribution in [2.45, 2.75) is 38.8 Å². The molecule has 0 radical (unpaired) electrons. The molecule has 0 spiro atoms. The van der Waals surface area contributed by atoms with Gasteiger partial charge in [0, 0.05) is 16.6 Å². The Bertz CT molecular complexity index is 321. The number of hydrogen-bond acceptors (Lipinski definition) is 2. The molecule has 3 heteroatoms. The van der Waals surface area contributed by atoms with Crippen molar-refractivity contribution in [2.24, 2.45) is 0 Å². The molecular formula is C13H20ClNO. The van der Waals surface area contributed by atoms with Crippen LogP contribution in [0, 0.1) is 0 Å². The van der Waals surface area contributed by atoms with Gasteiger partial charge in [0.15, 0.2) is 0 Å². The number of nitrogens with one attached hydrogen (secondary N) is 1. The summed E-state index contributed by atoms with van der Waals surface area (Å²) in [5.74, 6) is 0. The summed E-state index contributed by atoms with van der Waals surface area (Å²) in [5.41, 5.74) is 0.939. The lowest BCUT2D eigenvalue weighted by molar-refractivity contribution is 0.174. The molecule has 1 aromatic carbocycles. The van der Waals surface area contributed by atoms with Crippen LogP contribution in [0.4, 0.5) is 0 Å². The van der Waals surface area contributed by atoms with Gasteiger partial charge in [-0.25, -0.2) is 0 Å². The molecule has 0 bridgehead atoms. The third-order valence-electron chi connectivity index (χ3n) is 2.64. The molecule has 16 heavy (non-hydrogen) atoms. The maximum atomic E-state index is 9.25. The zero-order valence-corrected chi connectivity index (χ0v) is 10.9. The fourth-order valence-corrected chi connectivity index (χ4v) is 1.76. The topological polar surface area (TPSA) is 32.3 Å². The number of aliphatic hydroxyl groups is 1. The average Bonchev–Trinajstić information content (AvgIpc) is 2.27. The second-order valence-electron chi connectivity index (χ2n) is 4.70. The molecule has 1 unspecified atom stereocenters. The van der Waals surface area contributed by atoms with Crippen molar-refractivity contribution < 1.29 is 5.11 Å². The Balaban J connectivity index is 2.78. The number of halogens is 1. The number of aliphatic hydroxyl groups excluding tert-OH is 1. The predicted molar refractivity (Wildman–Crippen MR) is 68.8 cm³/mol. The predicted octanol–water partition coefficient (Wildman–Crippen LogP) is 3.15. The van der Waals surface area contributed by atoms with Crippen molar-refractivity contribution in [1.82, 2.24) is 5.32 Å². The van der Waals surface area contributed by atoms with Crippen LogP contribution in [0.3, 0.4) is 0 Å². The monoisotopic (exact) mass is 241 g/mol. The first-order valence-electron chi connectivity index (χ1n) is 5.62. The minimum Gasteiger partial charge on any atom is -0.394 e. The summed E-state index contributed by atoms with van der Waals surface area (Å²) < 4.78 is 0. The second kappa shape index (κ2) is 5.67. The summed E-state index contributed by atoms with van der Waals surface area (Å²) in [6.45, 7) is 6.23. The van der Waals surface area contributed by atoms with Crippen LogP contribution in [-0.2, 0) is 0 Å². The van der Waals surface area contributed by atoms with Crippen LogP contribution >= 0.6 is 11.6 Å². The summed E-state index contributed by atoms with van der Waals surface area (Å²) in [4.78, 5) is 0. The Kier molecular flexibility index (Phi) is 4.78. The average molecular weight is 242 g/mol. The molecule has 1 atom stereocenters. The van der Waals surface area contributed by atoms with Crippen LogP contribution in [-0.4, -0.2) is 17.3 Å². The molecule has 1 rings (SSSR count). The largest absolute Gasteiger partial charge is 0.394 e. The van der Waals surface area contributed by atoms with E-state index in [1.165, 1.54) is 5.56 Å². The lowest BCUT2D eigenvalue weighted by Crippen LogP contribution is -2.44. The SMILES string of the molecule is CCC(NC(C)(C)CO)c1ccc(Cl)cc1. The van der Waals surface area contributed by atoms with Gasteiger partial charge in [-0.15, -0.1) is 0 Å². The minimum absolute atomic E-state index is 0.122. The third kappa shape index (κ3) is 3.78. The minimum atomic E-state index is -0.264. The molecule has 0 fully saturated rings. The van der Waals surface area contributed by atoms with E-state index in [4.69, 9.17) is 11.6 Å². The van der Waals surface area contributed by atoms with Crippen molar-refractivity contribution >= 4 is 11.6 Å². The quantitative estimate of drug-likeness (QED) is 0.830. The molecule has 0 aliphatic heterocycles. The van der Waals surface area contributed by atoms with Gasteiger partial charge in [-0.3, -0.25) is 0 Å². The Morgan fingerprint density at radius 2 is 1.88 bits per heavy atom. The molecule has 0 aromatic heterocycles. The molecular weight excluding hydrogens is 222 g/mol. The fourth-order valence-electron chi connectivity index (χ4n) is 1.63. The van der Waals surface area contributed by atoms with Crippen molar-refractivity contribution in [3.63, 3.8) is 0 Å².